The van der Waals surface area contributed by atoms with Crippen LogP contribution in [-0.2, 0) is 0 Å². The van der Waals surface area contributed by atoms with Crippen LogP contribution in [0.2, 0.25) is 0 Å². The van der Waals surface area contributed by atoms with Gasteiger partial charge in [0, 0.05) is 6.54 Å². The molecule has 1 unspecified atom stereocenters. The van der Waals surface area contributed by atoms with Gasteiger partial charge in [0.2, 0.25) is 0 Å². The summed E-state index contributed by atoms with van der Waals surface area (Å²) >= 11 is 0. The summed E-state index contributed by atoms with van der Waals surface area (Å²) in [5, 5.41) is 13.4. The molecule has 0 saturated heterocycles. The number of hydrogen-bond donors (Lipinski definition) is 2. The van der Waals surface area contributed by atoms with Gasteiger partial charge in [-0.2, -0.15) is 0 Å². The molecule has 0 aliphatic heterocycles. The molecule has 0 amide bonds. The lowest BCUT2D eigenvalue weighted by atomic mass is 9.93. The fourth-order valence-corrected chi connectivity index (χ4v) is 9.90. The Balaban J connectivity index is 1.29. The van der Waals surface area contributed by atoms with Crippen molar-refractivity contribution in [2.24, 2.45) is 0 Å². The van der Waals surface area contributed by atoms with E-state index in [2.05, 4.69) is 205 Å². The van der Waals surface area contributed by atoms with Gasteiger partial charge in [-0.1, -0.05) is 182 Å². The Morgan fingerprint density at radius 1 is 0.435 bits per heavy atom. The first kappa shape index (κ1) is 31.7. The van der Waals surface area contributed by atoms with E-state index in [0.717, 1.165) is 12.7 Å². The third-order valence-corrected chi connectivity index (χ3v) is 12.7. The minimum absolute atomic E-state index is 0.0305. The zero-order chi connectivity index (χ0) is 31.2. The highest BCUT2D eigenvalue weighted by Crippen LogP contribution is 2.36. The standard InChI is InChI=1S/C42H40N2P2/c1-7-19-35(20-8-1)41(43-31-33-45(37-23-11-3-12-24-37)38-25-13-4-14-26-38)42(36-21-9-2-10-22-36)44-32-34-46(39-27-15-5-16-28-39)40-29-17-6-18-30-40/h1-31,33,41-44H,32,34H2/b33-31-/t41-,42?/m0/s1. The van der Waals surface area contributed by atoms with Gasteiger partial charge in [-0.3, -0.25) is 0 Å². The molecule has 0 bridgehead atoms. The van der Waals surface area contributed by atoms with E-state index in [9.17, 15) is 0 Å². The lowest BCUT2D eigenvalue weighted by Gasteiger charge is -2.31. The second-order valence-corrected chi connectivity index (χ2v) is 15.5. The molecular formula is C42H40N2P2. The third-order valence-electron chi connectivity index (χ3n) is 8.05. The zero-order valence-electron chi connectivity index (χ0n) is 25.9. The first-order valence-electron chi connectivity index (χ1n) is 15.9. The highest BCUT2D eigenvalue weighted by Gasteiger charge is 2.25. The van der Waals surface area contributed by atoms with Gasteiger partial charge in [-0.05, 0) is 66.4 Å². The molecule has 0 heterocycles. The normalized spacial score (nSPS) is 12.7. The van der Waals surface area contributed by atoms with Gasteiger partial charge in [0.25, 0.3) is 0 Å². The Hall–Kier alpha value is -4.32. The smallest absolute Gasteiger partial charge is 0.0703 e. The van der Waals surface area contributed by atoms with E-state index in [1.807, 2.05) is 0 Å². The molecule has 0 aliphatic rings. The number of benzene rings is 6. The topological polar surface area (TPSA) is 24.1 Å². The van der Waals surface area contributed by atoms with Crippen LogP contribution in [0.1, 0.15) is 23.2 Å². The number of nitrogens with one attached hydrogen (secondary N) is 2. The molecule has 0 saturated carbocycles. The lowest BCUT2D eigenvalue weighted by molar-refractivity contribution is 0.426. The quantitative estimate of drug-likeness (QED) is 0.118. The summed E-state index contributed by atoms with van der Waals surface area (Å²) < 4.78 is 0. The van der Waals surface area contributed by atoms with Crippen LogP contribution in [0.5, 0.6) is 0 Å². The van der Waals surface area contributed by atoms with Crippen LogP contribution in [-0.4, -0.2) is 12.7 Å². The maximum atomic E-state index is 4.03. The Kier molecular flexibility index (Phi) is 11.6. The average molecular weight is 635 g/mol. The Labute approximate surface area is 276 Å². The van der Waals surface area contributed by atoms with Gasteiger partial charge in [0.1, 0.15) is 0 Å². The molecule has 0 aromatic heterocycles. The van der Waals surface area contributed by atoms with E-state index >= 15 is 0 Å². The summed E-state index contributed by atoms with van der Waals surface area (Å²) in [4.78, 5) is 0. The van der Waals surface area contributed by atoms with Gasteiger partial charge >= 0.3 is 0 Å². The largest absolute Gasteiger partial charge is 0.382 e. The van der Waals surface area contributed by atoms with Crippen LogP contribution in [0.25, 0.3) is 0 Å². The molecule has 228 valence electrons. The first-order valence-corrected chi connectivity index (χ1v) is 18.8. The van der Waals surface area contributed by atoms with Crippen LogP contribution in [0.15, 0.2) is 194 Å². The predicted octanol–water partition coefficient (Wildman–Crippen LogP) is 8.39. The van der Waals surface area contributed by atoms with Crippen molar-refractivity contribution in [1.29, 1.82) is 0 Å². The van der Waals surface area contributed by atoms with Crippen LogP contribution >= 0.6 is 15.8 Å². The van der Waals surface area contributed by atoms with E-state index < -0.39 is 15.8 Å². The molecule has 6 aromatic rings. The van der Waals surface area contributed by atoms with E-state index in [4.69, 9.17) is 0 Å². The maximum Gasteiger partial charge on any atom is 0.0703 e. The van der Waals surface area contributed by atoms with E-state index in [1.54, 1.807) is 0 Å². The lowest BCUT2D eigenvalue weighted by Crippen LogP contribution is -2.35. The van der Waals surface area contributed by atoms with Crippen molar-refractivity contribution >= 4 is 37.1 Å². The summed E-state index contributed by atoms with van der Waals surface area (Å²) in [5.74, 6) is 2.36. The average Bonchev–Trinajstić information content (AvgIpc) is 3.14. The molecule has 0 radical (unpaired) electrons. The molecule has 4 heteroatoms. The molecular weight excluding hydrogens is 594 g/mol. The van der Waals surface area contributed by atoms with Crippen LogP contribution in [0, 0.1) is 0 Å². The Bertz CT molecular complexity index is 1650. The van der Waals surface area contributed by atoms with E-state index in [1.165, 1.54) is 32.3 Å². The summed E-state index contributed by atoms with van der Waals surface area (Å²) in [6.45, 7) is 0.893. The van der Waals surface area contributed by atoms with Crippen molar-refractivity contribution in [2.45, 2.75) is 12.1 Å². The molecule has 46 heavy (non-hydrogen) atoms. The first-order chi connectivity index (χ1) is 22.9. The monoisotopic (exact) mass is 634 g/mol. The summed E-state index contributed by atoms with van der Waals surface area (Å²) in [6.07, 6.45) is 3.25. The molecule has 0 aliphatic carbocycles. The molecule has 0 fully saturated rings. The van der Waals surface area contributed by atoms with E-state index in [-0.39, 0.29) is 12.1 Å². The fraction of sp³-hybridized carbons (Fsp3) is 0.0952. The highest BCUT2D eigenvalue weighted by atomic mass is 31.1. The molecule has 2 N–H and O–H groups in total. The predicted molar refractivity (Wildman–Crippen MR) is 202 cm³/mol. The van der Waals surface area contributed by atoms with Gasteiger partial charge in [0.05, 0.1) is 12.1 Å². The minimum Gasteiger partial charge on any atom is -0.382 e. The SMILES string of the molecule is C(=C/P(c1ccccc1)c1ccccc1)/N[C@@H](c1ccccc1)C(NCCP(c1ccccc1)c1ccccc1)c1ccccc1. The van der Waals surface area contributed by atoms with Crippen molar-refractivity contribution in [3.63, 3.8) is 0 Å². The highest BCUT2D eigenvalue weighted by molar-refractivity contribution is 7.75. The summed E-state index contributed by atoms with van der Waals surface area (Å²) in [6, 6.07) is 65.5. The van der Waals surface area contributed by atoms with Crippen LogP contribution < -0.4 is 31.9 Å². The molecule has 0 spiro atoms. The van der Waals surface area contributed by atoms with Crippen molar-refractivity contribution in [3.05, 3.63) is 205 Å². The van der Waals surface area contributed by atoms with Gasteiger partial charge in [-0.15, -0.1) is 0 Å². The Morgan fingerprint density at radius 3 is 1.24 bits per heavy atom. The second-order valence-electron chi connectivity index (χ2n) is 11.1. The van der Waals surface area contributed by atoms with Crippen LogP contribution in [0.4, 0.5) is 0 Å². The van der Waals surface area contributed by atoms with Gasteiger partial charge < -0.3 is 10.6 Å². The summed E-state index contributed by atoms with van der Waals surface area (Å²) in [7, 11) is -1.15. The maximum absolute atomic E-state index is 4.03. The second kappa shape index (κ2) is 16.8. The molecule has 6 aromatic carbocycles. The minimum atomic E-state index is -0.656. The van der Waals surface area contributed by atoms with Gasteiger partial charge in [0.15, 0.2) is 0 Å². The van der Waals surface area contributed by atoms with Crippen molar-refractivity contribution in [1.82, 2.24) is 10.6 Å². The van der Waals surface area contributed by atoms with Crippen molar-refractivity contribution in [3.8, 4) is 0 Å². The van der Waals surface area contributed by atoms with E-state index in [0.29, 0.717) is 0 Å². The van der Waals surface area contributed by atoms with Crippen molar-refractivity contribution in [2.75, 3.05) is 12.7 Å². The molecule has 2 nitrogen and oxygen atoms in total. The van der Waals surface area contributed by atoms with Crippen LogP contribution in [0.3, 0.4) is 0 Å². The number of hydrogen-bond acceptors (Lipinski definition) is 2. The zero-order valence-corrected chi connectivity index (χ0v) is 27.7. The number of rotatable bonds is 14. The Morgan fingerprint density at radius 2 is 0.804 bits per heavy atom. The third kappa shape index (κ3) is 8.48. The summed E-state index contributed by atoms with van der Waals surface area (Å²) in [5.41, 5.74) is 2.53. The molecule has 2 atom stereocenters. The molecule has 6 rings (SSSR count). The van der Waals surface area contributed by atoms with Gasteiger partial charge in [-0.25, -0.2) is 0 Å². The fourth-order valence-electron chi connectivity index (χ4n) is 5.81. The van der Waals surface area contributed by atoms with Crippen molar-refractivity contribution < 1.29 is 0 Å².